The second-order valence-electron chi connectivity index (χ2n) is 5.73. The quantitative estimate of drug-likeness (QED) is 0.665. The minimum absolute atomic E-state index is 0.659. The minimum atomic E-state index is 0.659. The van der Waals surface area contributed by atoms with Crippen molar-refractivity contribution in [2.45, 2.75) is 32.1 Å². The van der Waals surface area contributed by atoms with Crippen molar-refractivity contribution in [1.82, 2.24) is 0 Å². The summed E-state index contributed by atoms with van der Waals surface area (Å²) >= 11 is 0. The molecule has 1 aliphatic carbocycles. The van der Waals surface area contributed by atoms with Crippen LogP contribution >= 0.6 is 0 Å². The van der Waals surface area contributed by atoms with Gasteiger partial charge in [0.25, 0.3) is 0 Å². The second-order valence-corrected chi connectivity index (χ2v) is 5.73. The van der Waals surface area contributed by atoms with E-state index < -0.39 is 0 Å². The standard InChI is InChI=1S/C20H22/c1-2-9-18-14-19(16-10-5-3-6-11-16)15-20(18)17-12-7-4-8-13-17/h3-8,10-14,18,20H,2,9,15H2,1H3/t18-,20+/m1/s1. The Balaban J connectivity index is 1.88. The van der Waals surface area contributed by atoms with Crippen molar-refractivity contribution in [2.24, 2.45) is 5.92 Å². The Morgan fingerprint density at radius 2 is 1.55 bits per heavy atom. The van der Waals surface area contributed by atoms with Gasteiger partial charge in [0.2, 0.25) is 0 Å². The molecule has 0 spiro atoms. The van der Waals surface area contributed by atoms with Gasteiger partial charge in [-0.15, -0.1) is 0 Å². The molecule has 2 aromatic rings. The minimum Gasteiger partial charge on any atom is -0.0770 e. The van der Waals surface area contributed by atoms with Gasteiger partial charge in [0.05, 0.1) is 0 Å². The van der Waals surface area contributed by atoms with Gasteiger partial charge in [-0.25, -0.2) is 0 Å². The highest BCUT2D eigenvalue weighted by Crippen LogP contribution is 2.44. The number of benzene rings is 2. The Bertz CT molecular complexity index is 566. The highest BCUT2D eigenvalue weighted by Gasteiger charge is 2.28. The van der Waals surface area contributed by atoms with Crippen LogP contribution in [0.2, 0.25) is 0 Å². The van der Waals surface area contributed by atoms with E-state index in [0.29, 0.717) is 11.8 Å². The van der Waals surface area contributed by atoms with Crippen molar-refractivity contribution in [2.75, 3.05) is 0 Å². The molecule has 0 bridgehead atoms. The molecule has 0 radical (unpaired) electrons. The predicted molar refractivity (Wildman–Crippen MR) is 86.6 cm³/mol. The van der Waals surface area contributed by atoms with Crippen molar-refractivity contribution in [3.05, 3.63) is 77.9 Å². The molecule has 0 heterocycles. The molecule has 0 aliphatic heterocycles. The summed E-state index contributed by atoms with van der Waals surface area (Å²) in [6.07, 6.45) is 6.25. The van der Waals surface area contributed by atoms with Crippen LogP contribution in [-0.4, -0.2) is 0 Å². The molecular weight excluding hydrogens is 240 g/mol. The Morgan fingerprint density at radius 3 is 2.20 bits per heavy atom. The van der Waals surface area contributed by atoms with Gasteiger partial charge in [-0.1, -0.05) is 80.1 Å². The molecule has 2 aromatic carbocycles. The Kier molecular flexibility index (Phi) is 4.01. The molecule has 0 heteroatoms. The summed E-state index contributed by atoms with van der Waals surface area (Å²) in [5.74, 6) is 1.35. The molecule has 3 rings (SSSR count). The van der Waals surface area contributed by atoms with E-state index in [9.17, 15) is 0 Å². The maximum atomic E-state index is 2.52. The smallest absolute Gasteiger partial charge is 0.00582 e. The van der Waals surface area contributed by atoms with Crippen LogP contribution in [0.4, 0.5) is 0 Å². The van der Waals surface area contributed by atoms with Crippen LogP contribution in [0, 0.1) is 5.92 Å². The first-order valence-corrected chi connectivity index (χ1v) is 7.69. The van der Waals surface area contributed by atoms with Gasteiger partial charge >= 0.3 is 0 Å². The van der Waals surface area contributed by atoms with Crippen LogP contribution in [-0.2, 0) is 0 Å². The van der Waals surface area contributed by atoms with E-state index in [4.69, 9.17) is 0 Å². The first-order valence-electron chi connectivity index (χ1n) is 7.69. The molecule has 102 valence electrons. The largest absolute Gasteiger partial charge is 0.0770 e. The summed E-state index contributed by atoms with van der Waals surface area (Å²) in [5, 5.41) is 0. The summed E-state index contributed by atoms with van der Waals surface area (Å²) in [6, 6.07) is 21.9. The van der Waals surface area contributed by atoms with E-state index in [1.807, 2.05) is 0 Å². The molecule has 0 aromatic heterocycles. The highest BCUT2D eigenvalue weighted by molar-refractivity contribution is 5.69. The van der Waals surface area contributed by atoms with E-state index in [1.54, 1.807) is 0 Å². The second kappa shape index (κ2) is 6.09. The fourth-order valence-electron chi connectivity index (χ4n) is 3.38. The normalized spacial score (nSPS) is 21.8. The summed E-state index contributed by atoms with van der Waals surface area (Å²) < 4.78 is 0. The molecule has 0 saturated carbocycles. The van der Waals surface area contributed by atoms with Crippen molar-refractivity contribution < 1.29 is 0 Å². The zero-order valence-corrected chi connectivity index (χ0v) is 12.1. The molecule has 0 unspecified atom stereocenters. The van der Waals surface area contributed by atoms with Crippen molar-refractivity contribution in [1.29, 1.82) is 0 Å². The number of rotatable bonds is 4. The van der Waals surface area contributed by atoms with Crippen molar-refractivity contribution in [3.8, 4) is 0 Å². The number of hydrogen-bond donors (Lipinski definition) is 0. The fraction of sp³-hybridized carbons (Fsp3) is 0.300. The Hall–Kier alpha value is -1.82. The van der Waals surface area contributed by atoms with E-state index in [1.165, 1.54) is 36.0 Å². The summed E-state index contributed by atoms with van der Waals surface area (Å²) in [5.41, 5.74) is 4.41. The van der Waals surface area contributed by atoms with Crippen molar-refractivity contribution >= 4 is 5.57 Å². The third-order valence-corrected chi connectivity index (χ3v) is 4.37. The monoisotopic (exact) mass is 262 g/mol. The fourth-order valence-corrected chi connectivity index (χ4v) is 3.38. The average molecular weight is 262 g/mol. The third kappa shape index (κ3) is 2.70. The predicted octanol–water partition coefficient (Wildman–Crippen LogP) is 5.67. The lowest BCUT2D eigenvalue weighted by atomic mass is 9.85. The topological polar surface area (TPSA) is 0 Å². The molecule has 0 N–H and O–H groups in total. The summed E-state index contributed by atoms with van der Waals surface area (Å²) in [6.45, 7) is 2.29. The van der Waals surface area contributed by atoms with Gasteiger partial charge in [0, 0.05) is 0 Å². The zero-order valence-electron chi connectivity index (χ0n) is 12.1. The lowest BCUT2D eigenvalue weighted by Gasteiger charge is -2.19. The molecule has 20 heavy (non-hydrogen) atoms. The van der Waals surface area contributed by atoms with Crippen LogP contribution in [0.3, 0.4) is 0 Å². The van der Waals surface area contributed by atoms with E-state index >= 15 is 0 Å². The van der Waals surface area contributed by atoms with Gasteiger partial charge in [-0.05, 0) is 41.4 Å². The van der Waals surface area contributed by atoms with Crippen LogP contribution in [0.15, 0.2) is 66.7 Å². The van der Waals surface area contributed by atoms with E-state index in [-0.39, 0.29) is 0 Å². The number of allylic oxidation sites excluding steroid dienone is 2. The lowest BCUT2D eigenvalue weighted by Crippen LogP contribution is -2.05. The van der Waals surface area contributed by atoms with Crippen LogP contribution in [0.1, 0.15) is 43.2 Å². The molecule has 0 fully saturated rings. The molecule has 0 nitrogen and oxygen atoms in total. The van der Waals surface area contributed by atoms with E-state index in [0.717, 1.165) is 0 Å². The molecule has 2 atom stereocenters. The highest BCUT2D eigenvalue weighted by atomic mass is 14.3. The van der Waals surface area contributed by atoms with Gasteiger partial charge in [-0.3, -0.25) is 0 Å². The van der Waals surface area contributed by atoms with Gasteiger partial charge in [0.1, 0.15) is 0 Å². The SMILES string of the molecule is CCC[C@@H]1C=C(c2ccccc2)C[C@H]1c1ccccc1. The van der Waals surface area contributed by atoms with Gasteiger partial charge < -0.3 is 0 Å². The summed E-state index contributed by atoms with van der Waals surface area (Å²) in [4.78, 5) is 0. The zero-order chi connectivity index (χ0) is 13.8. The average Bonchev–Trinajstić information content (AvgIpc) is 2.94. The van der Waals surface area contributed by atoms with Crippen molar-refractivity contribution in [3.63, 3.8) is 0 Å². The van der Waals surface area contributed by atoms with Crippen LogP contribution < -0.4 is 0 Å². The lowest BCUT2D eigenvalue weighted by molar-refractivity contribution is 0.499. The first-order chi connectivity index (χ1) is 9.88. The summed E-state index contributed by atoms with van der Waals surface area (Å²) in [7, 11) is 0. The number of hydrogen-bond acceptors (Lipinski definition) is 0. The van der Waals surface area contributed by atoms with Gasteiger partial charge in [-0.2, -0.15) is 0 Å². The maximum Gasteiger partial charge on any atom is -0.00582 e. The molecule has 0 amide bonds. The molecule has 1 aliphatic rings. The molecule has 0 saturated heterocycles. The molecular formula is C20H22. The maximum absolute atomic E-state index is 2.52. The van der Waals surface area contributed by atoms with Gasteiger partial charge in [0.15, 0.2) is 0 Å². The Labute approximate surface area is 122 Å². The third-order valence-electron chi connectivity index (χ3n) is 4.37. The van der Waals surface area contributed by atoms with E-state index in [2.05, 4.69) is 73.7 Å². The Morgan fingerprint density at radius 1 is 0.900 bits per heavy atom. The van der Waals surface area contributed by atoms with Crippen LogP contribution in [0.25, 0.3) is 5.57 Å². The first kappa shape index (κ1) is 13.2. The van der Waals surface area contributed by atoms with Crippen LogP contribution in [0.5, 0.6) is 0 Å².